The van der Waals surface area contributed by atoms with Crippen molar-refractivity contribution in [3.63, 3.8) is 0 Å². The average molecular weight is 370 g/mol. The Hall–Kier alpha value is -3.13. The molecule has 2 aromatic carbocycles. The van der Waals surface area contributed by atoms with E-state index in [-0.39, 0.29) is 16.9 Å². The summed E-state index contributed by atoms with van der Waals surface area (Å²) in [5, 5.41) is 3.60. The molecule has 8 heteroatoms. The van der Waals surface area contributed by atoms with Crippen LogP contribution in [0, 0.1) is 0 Å². The minimum absolute atomic E-state index is 0.129. The molecule has 7 nitrogen and oxygen atoms in total. The summed E-state index contributed by atoms with van der Waals surface area (Å²) in [5.41, 5.74) is 0.688. The lowest BCUT2D eigenvalue weighted by atomic mass is 10.00. The van der Waals surface area contributed by atoms with Crippen molar-refractivity contribution in [3.05, 3.63) is 77.4 Å². The number of carbonyl (C=O) groups excluding carboxylic acids is 2. The van der Waals surface area contributed by atoms with E-state index in [2.05, 4.69) is 10.6 Å². The maximum absolute atomic E-state index is 12.8. The molecule has 2 heterocycles. The zero-order valence-corrected chi connectivity index (χ0v) is 14.2. The molecule has 2 N–H and O–H groups in total. The highest BCUT2D eigenvalue weighted by atomic mass is 32.2. The zero-order valence-electron chi connectivity index (χ0n) is 13.4. The molecule has 2 amide bonds. The lowest BCUT2D eigenvalue weighted by Gasteiger charge is -2.21. The topological polar surface area (TPSA) is 102 Å². The Labute approximate surface area is 149 Å². The van der Waals surface area contributed by atoms with Crippen LogP contribution in [0.15, 0.2) is 71.8 Å². The number of benzene rings is 2. The van der Waals surface area contributed by atoms with Crippen molar-refractivity contribution in [2.75, 3.05) is 0 Å². The largest absolute Gasteiger partial charge is 0.381 e. The molecule has 0 aliphatic carbocycles. The van der Waals surface area contributed by atoms with Crippen molar-refractivity contribution >= 4 is 21.9 Å². The Morgan fingerprint density at radius 2 is 1.38 bits per heavy atom. The summed E-state index contributed by atoms with van der Waals surface area (Å²) in [7, 11) is -4.25. The molecule has 0 radical (unpaired) electrons. The van der Waals surface area contributed by atoms with Crippen molar-refractivity contribution < 1.29 is 22.2 Å². The van der Waals surface area contributed by atoms with Crippen LogP contribution < -0.4 is 14.8 Å². The van der Waals surface area contributed by atoms with Crippen LogP contribution in [0.3, 0.4) is 0 Å². The first kappa shape index (κ1) is 16.3. The van der Waals surface area contributed by atoms with Crippen molar-refractivity contribution in [1.29, 1.82) is 0 Å². The summed E-state index contributed by atoms with van der Waals surface area (Å²) in [6.07, 6.45) is 0. The van der Waals surface area contributed by atoms with Crippen LogP contribution >= 0.6 is 0 Å². The molecule has 0 bridgehead atoms. The molecular weight excluding hydrogens is 356 g/mol. The van der Waals surface area contributed by atoms with Crippen LogP contribution in [0.25, 0.3) is 0 Å². The van der Waals surface area contributed by atoms with E-state index in [1.165, 1.54) is 12.1 Å². The predicted molar refractivity (Wildman–Crippen MR) is 92.3 cm³/mol. The van der Waals surface area contributed by atoms with E-state index in [0.29, 0.717) is 5.56 Å². The van der Waals surface area contributed by atoms with E-state index in [0.717, 1.165) is 0 Å². The number of carbonyl (C=O) groups is 2. The molecule has 2 aliphatic rings. The van der Waals surface area contributed by atoms with Crippen LogP contribution in [0.1, 0.15) is 11.6 Å². The van der Waals surface area contributed by atoms with Crippen LogP contribution in [-0.4, -0.2) is 25.6 Å². The molecule has 132 valence electrons. The van der Waals surface area contributed by atoms with E-state index in [1.807, 2.05) is 0 Å². The second-order valence-electron chi connectivity index (χ2n) is 5.89. The van der Waals surface area contributed by atoms with Gasteiger partial charge in [0.2, 0.25) is 0 Å². The van der Waals surface area contributed by atoms with Gasteiger partial charge in [-0.3, -0.25) is 9.59 Å². The Balaban J connectivity index is 1.74. The third kappa shape index (κ3) is 2.64. The van der Waals surface area contributed by atoms with Crippen LogP contribution in [0.2, 0.25) is 0 Å². The quantitative estimate of drug-likeness (QED) is 0.618. The number of para-hydroxylation sites is 1. The Morgan fingerprint density at radius 1 is 0.808 bits per heavy atom. The molecule has 2 unspecified atom stereocenters. The first-order valence-corrected chi connectivity index (χ1v) is 9.33. The second-order valence-corrected chi connectivity index (χ2v) is 7.51. The minimum Gasteiger partial charge on any atom is -0.381 e. The van der Waals surface area contributed by atoms with Gasteiger partial charge >= 0.3 is 10.1 Å². The van der Waals surface area contributed by atoms with Gasteiger partial charge in [-0.15, -0.1) is 0 Å². The molecule has 2 aliphatic heterocycles. The van der Waals surface area contributed by atoms with Gasteiger partial charge in [0.1, 0.15) is 11.3 Å². The highest BCUT2D eigenvalue weighted by molar-refractivity contribution is 7.88. The normalized spacial score (nSPS) is 22.0. The fourth-order valence-electron chi connectivity index (χ4n) is 3.14. The lowest BCUT2D eigenvalue weighted by molar-refractivity contribution is -0.122. The molecule has 0 aromatic heterocycles. The van der Waals surface area contributed by atoms with Gasteiger partial charge in [0.15, 0.2) is 5.37 Å². The van der Waals surface area contributed by atoms with Gasteiger partial charge in [-0.05, 0) is 17.7 Å². The highest BCUT2D eigenvalue weighted by Crippen LogP contribution is 2.38. The summed E-state index contributed by atoms with van der Waals surface area (Å²) in [4.78, 5) is 24.4. The van der Waals surface area contributed by atoms with E-state index in [4.69, 9.17) is 4.18 Å². The molecule has 0 fully saturated rings. The molecule has 2 aromatic rings. The lowest BCUT2D eigenvalue weighted by Crippen LogP contribution is -2.43. The summed E-state index contributed by atoms with van der Waals surface area (Å²) in [6, 6.07) is 16.1. The van der Waals surface area contributed by atoms with Crippen LogP contribution in [0.5, 0.6) is 5.75 Å². The average Bonchev–Trinajstić information content (AvgIpc) is 3.15. The summed E-state index contributed by atoms with van der Waals surface area (Å²) in [6.45, 7) is 0. The van der Waals surface area contributed by atoms with Gasteiger partial charge in [0.25, 0.3) is 11.8 Å². The van der Waals surface area contributed by atoms with Crippen LogP contribution in [-0.2, 0) is 19.7 Å². The maximum Gasteiger partial charge on any atom is 0.334 e. The molecule has 26 heavy (non-hydrogen) atoms. The zero-order chi connectivity index (χ0) is 18.3. The van der Waals surface area contributed by atoms with Gasteiger partial charge in [0.05, 0.1) is 6.04 Å². The first-order chi connectivity index (χ1) is 12.5. The molecular formula is C18H14N2O5S. The first-order valence-electron chi connectivity index (χ1n) is 7.86. The SMILES string of the molecule is O=C1NC(c2ccccc2)C2=C1C(=O)NC2S(=O)(=O)Oc1ccccc1. The third-order valence-corrected chi connectivity index (χ3v) is 5.62. The molecule has 2 atom stereocenters. The van der Waals surface area contributed by atoms with Crippen LogP contribution in [0.4, 0.5) is 0 Å². The summed E-state index contributed by atoms with van der Waals surface area (Å²) < 4.78 is 30.7. The van der Waals surface area contributed by atoms with Crippen molar-refractivity contribution in [2.45, 2.75) is 11.4 Å². The van der Waals surface area contributed by atoms with Crippen molar-refractivity contribution in [1.82, 2.24) is 10.6 Å². The van der Waals surface area contributed by atoms with Crippen molar-refractivity contribution in [3.8, 4) is 5.75 Å². The number of amides is 2. The molecule has 4 rings (SSSR count). The second kappa shape index (κ2) is 5.99. The Bertz CT molecular complexity index is 1020. The fraction of sp³-hybridized carbons (Fsp3) is 0.111. The van der Waals surface area contributed by atoms with Gasteiger partial charge in [0, 0.05) is 5.57 Å². The maximum atomic E-state index is 12.8. The Morgan fingerprint density at radius 3 is 2.04 bits per heavy atom. The fourth-order valence-corrected chi connectivity index (χ4v) is 4.43. The highest BCUT2D eigenvalue weighted by Gasteiger charge is 2.51. The van der Waals surface area contributed by atoms with Gasteiger partial charge in [-0.1, -0.05) is 48.5 Å². The van der Waals surface area contributed by atoms with Crippen molar-refractivity contribution in [2.24, 2.45) is 0 Å². The number of rotatable bonds is 4. The van der Waals surface area contributed by atoms with E-state index in [9.17, 15) is 18.0 Å². The van der Waals surface area contributed by atoms with Gasteiger partial charge in [-0.2, -0.15) is 8.42 Å². The molecule has 0 saturated heterocycles. The molecule has 0 spiro atoms. The standard InChI is InChI=1S/C18H14N2O5S/c21-16-14-13(15(19-16)11-7-3-1-4-8-11)18(20-17(14)22)26(23,24)25-12-9-5-2-6-10-12/h1-10,15,18H,(H,19,21)(H,20,22). The minimum atomic E-state index is -4.25. The number of hydrogen-bond donors (Lipinski definition) is 2. The number of nitrogens with one attached hydrogen (secondary N) is 2. The van der Waals surface area contributed by atoms with Gasteiger partial charge < -0.3 is 14.8 Å². The summed E-state index contributed by atoms with van der Waals surface area (Å²) >= 11 is 0. The monoisotopic (exact) mass is 370 g/mol. The number of hydrogen-bond acceptors (Lipinski definition) is 5. The van der Waals surface area contributed by atoms with E-state index in [1.54, 1.807) is 48.5 Å². The third-order valence-electron chi connectivity index (χ3n) is 4.25. The molecule has 0 saturated carbocycles. The predicted octanol–water partition coefficient (Wildman–Crippen LogP) is 1.02. The smallest absolute Gasteiger partial charge is 0.334 e. The van der Waals surface area contributed by atoms with E-state index >= 15 is 0 Å². The Kier molecular flexibility index (Phi) is 3.77. The van der Waals surface area contributed by atoms with Gasteiger partial charge in [-0.25, -0.2) is 0 Å². The summed E-state index contributed by atoms with van der Waals surface area (Å²) in [5.74, 6) is -1.19. The van der Waals surface area contributed by atoms with E-state index < -0.39 is 33.3 Å².